The van der Waals surface area contributed by atoms with Crippen molar-refractivity contribution in [1.29, 1.82) is 0 Å². The van der Waals surface area contributed by atoms with E-state index in [2.05, 4.69) is 0 Å². The Bertz CT molecular complexity index is 625. The summed E-state index contributed by atoms with van der Waals surface area (Å²) < 4.78 is 21.6. The van der Waals surface area contributed by atoms with E-state index in [-0.39, 0.29) is 14.9 Å². The first kappa shape index (κ1) is 15.8. The summed E-state index contributed by atoms with van der Waals surface area (Å²) in [6.45, 7) is 0. The second kappa shape index (κ2) is 6.77. The Morgan fingerprint density at radius 1 is 0.947 bits per heavy atom. The summed E-state index contributed by atoms with van der Waals surface area (Å²) in [4.78, 5) is -0.0833. The Balaban J connectivity index is 0.000000218. The van der Waals surface area contributed by atoms with E-state index in [0.717, 1.165) is 0 Å². The van der Waals surface area contributed by atoms with Gasteiger partial charge >= 0.3 is 0 Å². The summed E-state index contributed by atoms with van der Waals surface area (Å²) in [5, 5.41) is 14.0. The molecule has 4 nitrogen and oxygen atoms in total. The standard InChI is InChI=1S/C6H5Cl2NO2S.C6H6O/c7-4-1-5(8)3-6(2-4)12(9,10)11;7-6-4-2-1-3-5-6/h1-3H,(H2,9,10,11);1-5,7H. The molecule has 0 aliphatic heterocycles. The van der Waals surface area contributed by atoms with Crippen LogP contribution in [0.3, 0.4) is 0 Å². The number of primary sulfonamides is 1. The molecule has 0 aromatic heterocycles. The van der Waals surface area contributed by atoms with Crippen LogP contribution >= 0.6 is 23.2 Å². The lowest BCUT2D eigenvalue weighted by Crippen LogP contribution is -2.11. The van der Waals surface area contributed by atoms with Gasteiger partial charge in [0.25, 0.3) is 0 Å². The van der Waals surface area contributed by atoms with Gasteiger partial charge in [-0.05, 0) is 30.3 Å². The van der Waals surface area contributed by atoms with Crippen LogP contribution in [0.5, 0.6) is 5.75 Å². The van der Waals surface area contributed by atoms with Gasteiger partial charge in [-0.3, -0.25) is 0 Å². The minimum absolute atomic E-state index is 0.0833. The zero-order valence-electron chi connectivity index (χ0n) is 9.62. The van der Waals surface area contributed by atoms with Gasteiger partial charge in [-0.25, -0.2) is 13.6 Å². The van der Waals surface area contributed by atoms with E-state index < -0.39 is 10.0 Å². The van der Waals surface area contributed by atoms with Gasteiger partial charge in [0, 0.05) is 10.0 Å². The summed E-state index contributed by atoms with van der Waals surface area (Å²) in [6, 6.07) is 12.6. The van der Waals surface area contributed by atoms with Crippen LogP contribution in [0.15, 0.2) is 53.4 Å². The van der Waals surface area contributed by atoms with Gasteiger partial charge in [0.05, 0.1) is 4.90 Å². The molecule has 2 aromatic rings. The fraction of sp³-hybridized carbons (Fsp3) is 0. The minimum Gasteiger partial charge on any atom is -0.508 e. The molecule has 0 amide bonds. The number of hydrogen-bond acceptors (Lipinski definition) is 3. The van der Waals surface area contributed by atoms with E-state index in [1.807, 2.05) is 6.07 Å². The molecule has 19 heavy (non-hydrogen) atoms. The van der Waals surface area contributed by atoms with E-state index in [4.69, 9.17) is 33.4 Å². The van der Waals surface area contributed by atoms with Crippen molar-refractivity contribution in [3.63, 3.8) is 0 Å². The van der Waals surface area contributed by atoms with Gasteiger partial charge in [-0.2, -0.15) is 0 Å². The lowest BCUT2D eigenvalue weighted by atomic mass is 10.3. The third-order valence-electron chi connectivity index (χ3n) is 1.92. The van der Waals surface area contributed by atoms with E-state index in [1.165, 1.54) is 18.2 Å². The summed E-state index contributed by atoms with van der Waals surface area (Å²) >= 11 is 11.1. The first-order valence-corrected chi connectivity index (χ1v) is 7.32. The summed E-state index contributed by atoms with van der Waals surface area (Å²) in [5.74, 6) is 0.322. The van der Waals surface area contributed by atoms with Crippen molar-refractivity contribution in [2.24, 2.45) is 5.14 Å². The SMILES string of the molecule is NS(=O)(=O)c1cc(Cl)cc(Cl)c1.Oc1ccccc1. The number of phenolic OH excluding ortho intramolecular Hbond substituents is 1. The van der Waals surface area contributed by atoms with Crippen molar-refractivity contribution in [1.82, 2.24) is 0 Å². The molecule has 0 aliphatic rings. The smallest absolute Gasteiger partial charge is 0.238 e. The number of phenols is 1. The van der Waals surface area contributed by atoms with Crippen molar-refractivity contribution in [3.05, 3.63) is 58.6 Å². The number of nitrogens with two attached hydrogens (primary N) is 1. The van der Waals surface area contributed by atoms with Crippen LogP contribution in [-0.2, 0) is 10.0 Å². The molecule has 0 atom stereocenters. The zero-order chi connectivity index (χ0) is 14.5. The molecule has 0 saturated heterocycles. The van der Waals surface area contributed by atoms with Gasteiger partial charge in [0.2, 0.25) is 10.0 Å². The van der Waals surface area contributed by atoms with Crippen molar-refractivity contribution in [3.8, 4) is 5.75 Å². The molecule has 102 valence electrons. The second-order valence-electron chi connectivity index (χ2n) is 3.49. The molecule has 0 aliphatic carbocycles. The fourth-order valence-corrected chi connectivity index (χ4v) is 2.36. The van der Waals surface area contributed by atoms with Gasteiger partial charge in [-0.1, -0.05) is 41.4 Å². The average molecular weight is 320 g/mol. The van der Waals surface area contributed by atoms with E-state index >= 15 is 0 Å². The van der Waals surface area contributed by atoms with Gasteiger partial charge in [-0.15, -0.1) is 0 Å². The molecule has 0 fully saturated rings. The maximum absolute atomic E-state index is 10.8. The van der Waals surface area contributed by atoms with E-state index in [1.54, 1.807) is 24.3 Å². The first-order valence-electron chi connectivity index (χ1n) is 5.02. The average Bonchev–Trinajstić information content (AvgIpc) is 2.28. The number of rotatable bonds is 1. The first-order chi connectivity index (χ1) is 8.79. The van der Waals surface area contributed by atoms with E-state index in [0.29, 0.717) is 5.75 Å². The number of halogens is 2. The highest BCUT2D eigenvalue weighted by Crippen LogP contribution is 2.21. The highest BCUT2D eigenvalue weighted by atomic mass is 35.5. The molecule has 3 N–H and O–H groups in total. The summed E-state index contributed by atoms with van der Waals surface area (Å²) in [6.07, 6.45) is 0. The van der Waals surface area contributed by atoms with Crippen LogP contribution in [0.2, 0.25) is 10.0 Å². The molecule has 0 radical (unpaired) electrons. The maximum atomic E-state index is 10.8. The highest BCUT2D eigenvalue weighted by Gasteiger charge is 2.08. The van der Waals surface area contributed by atoms with Gasteiger partial charge in [0.15, 0.2) is 0 Å². The Labute approximate surface area is 121 Å². The largest absolute Gasteiger partial charge is 0.508 e. The van der Waals surface area contributed by atoms with Crippen LogP contribution in [-0.4, -0.2) is 13.5 Å². The van der Waals surface area contributed by atoms with Crippen molar-refractivity contribution < 1.29 is 13.5 Å². The lowest BCUT2D eigenvalue weighted by molar-refractivity contribution is 0.475. The second-order valence-corrected chi connectivity index (χ2v) is 5.92. The van der Waals surface area contributed by atoms with Crippen molar-refractivity contribution in [2.45, 2.75) is 4.90 Å². The zero-order valence-corrected chi connectivity index (χ0v) is 12.0. The minimum atomic E-state index is -3.72. The van der Waals surface area contributed by atoms with Crippen molar-refractivity contribution >= 4 is 33.2 Å². The van der Waals surface area contributed by atoms with Crippen LogP contribution in [0.25, 0.3) is 0 Å². The molecule has 0 saturated carbocycles. The van der Waals surface area contributed by atoms with Crippen LogP contribution < -0.4 is 5.14 Å². The van der Waals surface area contributed by atoms with E-state index in [9.17, 15) is 8.42 Å². The summed E-state index contributed by atoms with van der Waals surface area (Å²) in [7, 11) is -3.72. The Hall–Kier alpha value is -1.27. The third-order valence-corrected chi connectivity index (χ3v) is 3.25. The van der Waals surface area contributed by atoms with Crippen molar-refractivity contribution in [2.75, 3.05) is 0 Å². The molecular weight excluding hydrogens is 309 g/mol. The van der Waals surface area contributed by atoms with Crippen LogP contribution in [0.4, 0.5) is 0 Å². The molecule has 2 rings (SSSR count). The monoisotopic (exact) mass is 319 g/mol. The number of sulfonamides is 1. The Kier molecular flexibility index (Phi) is 5.62. The number of hydrogen-bond donors (Lipinski definition) is 2. The predicted molar refractivity (Wildman–Crippen MR) is 75.9 cm³/mol. The molecule has 0 bridgehead atoms. The lowest BCUT2D eigenvalue weighted by Gasteiger charge is -1.98. The maximum Gasteiger partial charge on any atom is 0.238 e. The van der Waals surface area contributed by atoms with Crippen LogP contribution in [0.1, 0.15) is 0 Å². The predicted octanol–water partition coefficient (Wildman–Crippen LogP) is 3.03. The van der Waals surface area contributed by atoms with Crippen LogP contribution in [0, 0.1) is 0 Å². The molecule has 7 heteroatoms. The fourth-order valence-electron chi connectivity index (χ4n) is 1.12. The molecule has 0 heterocycles. The topological polar surface area (TPSA) is 80.4 Å². The molecule has 0 spiro atoms. The highest BCUT2D eigenvalue weighted by molar-refractivity contribution is 7.89. The van der Waals surface area contributed by atoms with Gasteiger partial charge in [0.1, 0.15) is 5.75 Å². The van der Waals surface area contributed by atoms with Gasteiger partial charge < -0.3 is 5.11 Å². The quantitative estimate of drug-likeness (QED) is 0.847. The molecule has 0 unspecified atom stereocenters. The summed E-state index contributed by atoms with van der Waals surface area (Å²) in [5.41, 5.74) is 0. The third kappa shape index (κ3) is 5.94. The Morgan fingerprint density at radius 3 is 1.74 bits per heavy atom. The number of benzene rings is 2. The number of aromatic hydroxyl groups is 1. The Morgan fingerprint density at radius 2 is 1.42 bits per heavy atom. The normalized spacial score (nSPS) is 10.5. The molecular formula is C12H11Cl2NO3S. The molecule has 2 aromatic carbocycles. The number of para-hydroxylation sites is 1.